The van der Waals surface area contributed by atoms with Crippen LogP contribution >= 0.6 is 23.4 Å². The van der Waals surface area contributed by atoms with Gasteiger partial charge in [-0.3, -0.25) is 9.48 Å². The first-order valence-electron chi connectivity index (χ1n) is 13.0. The number of nitrogens with zero attached hydrogens (tertiary/aromatic N) is 5. The number of fused-ring (bicyclic) bond motifs is 1. The van der Waals surface area contributed by atoms with Crippen LogP contribution in [0, 0.1) is 0 Å². The number of carbonyl (C=O) groups is 2. The monoisotopic (exact) mass is 605 g/mol. The molecular weight excluding hydrogens is 579 g/mol. The van der Waals surface area contributed by atoms with Gasteiger partial charge in [-0.25, -0.2) is 4.79 Å². The summed E-state index contributed by atoms with van der Waals surface area (Å²) in [6, 6.07) is 9.24. The van der Waals surface area contributed by atoms with E-state index in [1.54, 1.807) is 36.2 Å². The van der Waals surface area contributed by atoms with Gasteiger partial charge in [0.05, 0.1) is 35.3 Å². The van der Waals surface area contributed by atoms with Gasteiger partial charge in [-0.2, -0.15) is 23.3 Å². The number of rotatable bonds is 5. The molecule has 0 bridgehead atoms. The summed E-state index contributed by atoms with van der Waals surface area (Å²) < 4.78 is 47.2. The minimum absolute atomic E-state index is 0.0149. The fraction of sp³-hybridized carbons (Fsp3) is 0.357. The summed E-state index contributed by atoms with van der Waals surface area (Å²) in [5, 5.41) is 5.64. The molecule has 0 atom stereocenters. The molecule has 3 heterocycles. The molecular formula is C28H27ClF3N5O3S. The number of piperidine rings is 1. The van der Waals surface area contributed by atoms with Gasteiger partial charge in [0, 0.05) is 36.6 Å². The highest BCUT2D eigenvalue weighted by molar-refractivity contribution is 8.18. The summed E-state index contributed by atoms with van der Waals surface area (Å²) >= 11 is 7.10. The average molecular weight is 606 g/mol. The highest BCUT2D eigenvalue weighted by Crippen LogP contribution is 2.35. The van der Waals surface area contributed by atoms with E-state index >= 15 is 0 Å². The number of likely N-dealkylation sites (tertiary alicyclic amines) is 1. The summed E-state index contributed by atoms with van der Waals surface area (Å²) in [6.45, 7) is 3.19. The Balaban J connectivity index is 1.27. The van der Waals surface area contributed by atoms with Crippen LogP contribution in [0.25, 0.3) is 17.0 Å². The standard InChI is InChI=1S/C28H27ClF3N5O3S/c1-3-40-27(39)36-10-8-21(9-11-36)35(2)26-34-25(38)24(41-26)13-17-4-7-23-19(12-17)15-33-37(23)16-18-5-6-20(29)14-22(18)28(30,31)32/h4-7,12-15,21H,3,8-11,16H2,1-2H3. The number of benzene rings is 2. The van der Waals surface area contributed by atoms with Crippen molar-refractivity contribution < 1.29 is 27.5 Å². The molecule has 3 aromatic rings. The number of carbonyl (C=O) groups excluding carboxylic acids is 2. The molecule has 216 valence electrons. The zero-order valence-corrected chi connectivity index (χ0v) is 23.9. The topological polar surface area (TPSA) is 80.0 Å². The Morgan fingerprint density at radius 2 is 1.98 bits per heavy atom. The van der Waals surface area contributed by atoms with E-state index in [-0.39, 0.29) is 35.2 Å². The number of aliphatic imine (C=N–C) groups is 1. The van der Waals surface area contributed by atoms with Gasteiger partial charge in [0.15, 0.2) is 5.17 Å². The summed E-state index contributed by atoms with van der Waals surface area (Å²) in [4.78, 5) is 33.1. The normalized spacial score (nSPS) is 17.4. The first-order valence-corrected chi connectivity index (χ1v) is 14.2. The van der Waals surface area contributed by atoms with Crippen LogP contribution < -0.4 is 0 Å². The fourth-order valence-electron chi connectivity index (χ4n) is 4.94. The Hall–Kier alpha value is -3.51. The van der Waals surface area contributed by atoms with Gasteiger partial charge in [-0.1, -0.05) is 23.7 Å². The molecule has 0 N–H and O–H groups in total. The largest absolute Gasteiger partial charge is 0.450 e. The first kappa shape index (κ1) is 29.0. The third-order valence-corrected chi connectivity index (χ3v) is 8.42. The number of aromatic nitrogens is 2. The quantitative estimate of drug-likeness (QED) is 0.319. The summed E-state index contributed by atoms with van der Waals surface area (Å²) in [5.41, 5.74) is 0.673. The Labute approximate surface area is 243 Å². The molecule has 0 radical (unpaired) electrons. The maximum Gasteiger partial charge on any atom is 0.416 e. The van der Waals surface area contributed by atoms with Gasteiger partial charge < -0.3 is 14.5 Å². The number of ether oxygens (including phenoxy) is 1. The number of amidine groups is 1. The number of hydrogen-bond donors (Lipinski definition) is 0. The zero-order valence-electron chi connectivity index (χ0n) is 22.3. The van der Waals surface area contributed by atoms with Crippen LogP contribution in [0.4, 0.5) is 18.0 Å². The molecule has 13 heteroatoms. The second-order valence-electron chi connectivity index (χ2n) is 9.76. The molecule has 2 aliphatic heterocycles. The lowest BCUT2D eigenvalue weighted by Gasteiger charge is -2.36. The van der Waals surface area contributed by atoms with Crippen molar-refractivity contribution >= 4 is 57.5 Å². The fourth-order valence-corrected chi connectivity index (χ4v) is 6.06. The second-order valence-corrected chi connectivity index (χ2v) is 11.2. The molecule has 1 saturated heterocycles. The molecule has 41 heavy (non-hydrogen) atoms. The predicted octanol–water partition coefficient (Wildman–Crippen LogP) is 6.28. The van der Waals surface area contributed by atoms with Gasteiger partial charge >= 0.3 is 12.3 Å². The molecule has 1 fully saturated rings. The Morgan fingerprint density at radius 3 is 2.68 bits per heavy atom. The second kappa shape index (κ2) is 11.8. The van der Waals surface area contributed by atoms with E-state index in [1.165, 1.54) is 28.6 Å². The van der Waals surface area contributed by atoms with E-state index in [1.807, 2.05) is 18.0 Å². The molecule has 8 nitrogen and oxygen atoms in total. The number of amides is 2. The third-order valence-electron chi connectivity index (χ3n) is 7.11. The van der Waals surface area contributed by atoms with Crippen molar-refractivity contribution in [3.05, 3.63) is 69.2 Å². The van der Waals surface area contributed by atoms with Gasteiger partial charge in [0.25, 0.3) is 5.91 Å². The Bertz CT molecular complexity index is 1550. The van der Waals surface area contributed by atoms with E-state index in [0.717, 1.165) is 29.9 Å². The van der Waals surface area contributed by atoms with Crippen molar-refractivity contribution in [3.8, 4) is 0 Å². The van der Waals surface area contributed by atoms with Crippen LogP contribution in [-0.4, -0.2) is 69.5 Å². The maximum atomic E-state index is 13.5. The molecule has 2 amide bonds. The van der Waals surface area contributed by atoms with Crippen LogP contribution in [0.5, 0.6) is 0 Å². The average Bonchev–Trinajstić information content (AvgIpc) is 3.51. The van der Waals surface area contributed by atoms with Crippen LogP contribution in [-0.2, 0) is 22.3 Å². The predicted molar refractivity (Wildman–Crippen MR) is 153 cm³/mol. The van der Waals surface area contributed by atoms with E-state index in [9.17, 15) is 22.8 Å². The number of alkyl halides is 3. The zero-order chi connectivity index (χ0) is 29.3. The van der Waals surface area contributed by atoms with Gasteiger partial charge in [-0.05, 0) is 73.0 Å². The summed E-state index contributed by atoms with van der Waals surface area (Å²) in [5.74, 6) is -0.334. The minimum atomic E-state index is -4.54. The number of halogens is 4. The number of hydrogen-bond acceptors (Lipinski definition) is 6. The summed E-state index contributed by atoms with van der Waals surface area (Å²) in [6.07, 6.45) is -0.0312. The molecule has 2 aliphatic rings. The van der Waals surface area contributed by atoms with Crippen LogP contribution in [0.15, 0.2) is 52.5 Å². The van der Waals surface area contributed by atoms with E-state index in [0.29, 0.717) is 35.3 Å². The van der Waals surface area contributed by atoms with E-state index in [2.05, 4.69) is 10.1 Å². The molecule has 0 unspecified atom stereocenters. The lowest BCUT2D eigenvalue weighted by atomic mass is 10.0. The maximum absolute atomic E-state index is 13.5. The highest BCUT2D eigenvalue weighted by atomic mass is 35.5. The van der Waals surface area contributed by atoms with Crippen molar-refractivity contribution in [1.82, 2.24) is 19.6 Å². The molecule has 0 aliphatic carbocycles. The molecule has 0 spiro atoms. The smallest absolute Gasteiger partial charge is 0.416 e. The summed E-state index contributed by atoms with van der Waals surface area (Å²) in [7, 11) is 1.90. The van der Waals surface area contributed by atoms with Crippen molar-refractivity contribution in [2.75, 3.05) is 26.7 Å². The molecule has 2 aromatic carbocycles. The molecule has 1 aromatic heterocycles. The minimum Gasteiger partial charge on any atom is -0.450 e. The lowest BCUT2D eigenvalue weighted by molar-refractivity contribution is -0.138. The van der Waals surface area contributed by atoms with Gasteiger partial charge in [0.2, 0.25) is 0 Å². The van der Waals surface area contributed by atoms with E-state index < -0.39 is 11.7 Å². The highest BCUT2D eigenvalue weighted by Gasteiger charge is 2.34. The molecule has 5 rings (SSSR count). The Kier molecular flexibility index (Phi) is 8.32. The lowest BCUT2D eigenvalue weighted by Crippen LogP contribution is -2.46. The van der Waals surface area contributed by atoms with E-state index in [4.69, 9.17) is 16.3 Å². The van der Waals surface area contributed by atoms with Crippen LogP contribution in [0.1, 0.15) is 36.5 Å². The van der Waals surface area contributed by atoms with Crippen molar-refractivity contribution in [1.29, 1.82) is 0 Å². The molecule has 0 saturated carbocycles. The third kappa shape index (κ3) is 6.38. The van der Waals surface area contributed by atoms with Crippen molar-refractivity contribution in [2.24, 2.45) is 4.99 Å². The Morgan fingerprint density at radius 1 is 1.22 bits per heavy atom. The van der Waals surface area contributed by atoms with Crippen LogP contribution in [0.2, 0.25) is 5.02 Å². The SMILES string of the molecule is CCOC(=O)N1CCC(N(C)C2=NC(=O)C(=Cc3ccc4c(cnn4Cc4ccc(Cl)cc4C(F)(F)F)c3)S2)CC1. The van der Waals surface area contributed by atoms with Gasteiger partial charge in [-0.15, -0.1) is 0 Å². The number of thioether (sulfide) groups is 1. The van der Waals surface area contributed by atoms with Crippen LogP contribution in [0.3, 0.4) is 0 Å². The van der Waals surface area contributed by atoms with Crippen molar-refractivity contribution in [2.45, 2.75) is 38.5 Å². The van der Waals surface area contributed by atoms with Crippen molar-refractivity contribution in [3.63, 3.8) is 0 Å². The van der Waals surface area contributed by atoms with Gasteiger partial charge in [0.1, 0.15) is 0 Å². The first-order chi connectivity index (χ1) is 19.5.